The molecule has 2 aromatic rings. The Labute approximate surface area is 159 Å². The lowest BCUT2D eigenvalue weighted by atomic mass is 10.1. The van der Waals surface area contributed by atoms with Gasteiger partial charge in [0.2, 0.25) is 10.0 Å². The molecule has 0 aliphatic carbocycles. The largest absolute Gasteiger partial charge is 0.362 e. The topological polar surface area (TPSA) is 84.2 Å². The number of sulfonamides is 1. The summed E-state index contributed by atoms with van der Waals surface area (Å²) in [7, 11) is -3.66. The van der Waals surface area contributed by atoms with E-state index in [1.807, 2.05) is 12.1 Å². The molecule has 2 aromatic carbocycles. The van der Waals surface area contributed by atoms with Crippen molar-refractivity contribution in [2.75, 3.05) is 11.9 Å². The SMILES string of the molecule is NS(=O)(=O)c1ccc(CCNC(=S)Nc2ccc(Br)c(Cl)c2)cc1. The summed E-state index contributed by atoms with van der Waals surface area (Å²) in [5.74, 6) is 0. The Kier molecular flexibility index (Phi) is 6.59. The third kappa shape index (κ3) is 5.71. The highest BCUT2D eigenvalue weighted by Gasteiger charge is 2.06. The van der Waals surface area contributed by atoms with E-state index in [9.17, 15) is 8.42 Å². The zero-order valence-electron chi connectivity index (χ0n) is 12.4. The Hall–Kier alpha value is -1.19. The number of anilines is 1. The molecule has 0 heterocycles. The van der Waals surface area contributed by atoms with Crippen LogP contribution in [0, 0.1) is 0 Å². The third-order valence-corrected chi connectivity index (χ3v) is 5.54. The van der Waals surface area contributed by atoms with Crippen molar-refractivity contribution < 1.29 is 8.42 Å². The number of rotatable bonds is 5. The molecule has 0 radical (unpaired) electrons. The first-order valence-electron chi connectivity index (χ1n) is 6.87. The smallest absolute Gasteiger partial charge is 0.238 e. The lowest BCUT2D eigenvalue weighted by molar-refractivity contribution is 0.598. The van der Waals surface area contributed by atoms with Crippen molar-refractivity contribution in [1.29, 1.82) is 0 Å². The van der Waals surface area contributed by atoms with E-state index in [0.29, 0.717) is 23.1 Å². The van der Waals surface area contributed by atoms with Crippen molar-refractivity contribution in [2.24, 2.45) is 5.14 Å². The summed E-state index contributed by atoms with van der Waals surface area (Å²) >= 11 is 14.6. The standard InChI is InChI=1S/C15H15BrClN3O2S2/c16-13-6-3-11(9-14(13)17)20-15(23)19-8-7-10-1-4-12(5-2-10)24(18,21)22/h1-6,9H,7-8H2,(H2,18,21,22)(H2,19,20,23). The normalized spacial score (nSPS) is 11.1. The van der Waals surface area contributed by atoms with Gasteiger partial charge in [-0.2, -0.15) is 0 Å². The van der Waals surface area contributed by atoms with Crippen LogP contribution in [0.5, 0.6) is 0 Å². The number of nitrogens with one attached hydrogen (secondary N) is 2. The Bertz CT molecular complexity index is 842. The predicted molar refractivity (Wildman–Crippen MR) is 105 cm³/mol. The fourth-order valence-corrected chi connectivity index (χ4v) is 3.08. The summed E-state index contributed by atoms with van der Waals surface area (Å²) in [6.45, 7) is 0.602. The van der Waals surface area contributed by atoms with Crippen LogP contribution in [-0.2, 0) is 16.4 Å². The van der Waals surface area contributed by atoms with Crippen LogP contribution in [0.15, 0.2) is 51.8 Å². The molecule has 24 heavy (non-hydrogen) atoms. The van der Waals surface area contributed by atoms with Gasteiger partial charge in [-0.15, -0.1) is 0 Å². The fraction of sp³-hybridized carbons (Fsp3) is 0.133. The number of halogens is 2. The number of hydrogen-bond acceptors (Lipinski definition) is 3. The van der Waals surface area contributed by atoms with Crippen LogP contribution in [0.1, 0.15) is 5.56 Å². The van der Waals surface area contributed by atoms with Gasteiger partial charge in [0.15, 0.2) is 5.11 Å². The highest BCUT2D eigenvalue weighted by atomic mass is 79.9. The van der Waals surface area contributed by atoms with Crippen LogP contribution in [0.25, 0.3) is 0 Å². The van der Waals surface area contributed by atoms with Crippen molar-refractivity contribution in [2.45, 2.75) is 11.3 Å². The first-order chi connectivity index (χ1) is 11.3. The van der Waals surface area contributed by atoms with E-state index in [1.54, 1.807) is 18.2 Å². The minimum absolute atomic E-state index is 0.100. The van der Waals surface area contributed by atoms with Crippen LogP contribution in [0.4, 0.5) is 5.69 Å². The second-order valence-corrected chi connectivity index (χ2v) is 8.18. The van der Waals surface area contributed by atoms with Crippen LogP contribution < -0.4 is 15.8 Å². The molecule has 2 rings (SSSR count). The minimum Gasteiger partial charge on any atom is -0.362 e. The molecule has 128 valence electrons. The average molecular weight is 449 g/mol. The van der Waals surface area contributed by atoms with E-state index < -0.39 is 10.0 Å². The highest BCUT2D eigenvalue weighted by Crippen LogP contribution is 2.25. The molecular formula is C15H15BrClN3O2S2. The quantitative estimate of drug-likeness (QED) is 0.611. The number of benzene rings is 2. The molecule has 0 saturated heterocycles. The van der Waals surface area contributed by atoms with Gasteiger partial charge in [-0.25, -0.2) is 13.6 Å². The Morgan fingerprint density at radius 1 is 1.21 bits per heavy atom. The van der Waals surface area contributed by atoms with Gasteiger partial charge in [0.25, 0.3) is 0 Å². The van der Waals surface area contributed by atoms with Gasteiger partial charge < -0.3 is 10.6 Å². The monoisotopic (exact) mass is 447 g/mol. The fourth-order valence-electron chi connectivity index (χ4n) is 1.92. The van der Waals surface area contributed by atoms with Crippen LogP contribution in [0.3, 0.4) is 0 Å². The summed E-state index contributed by atoms with van der Waals surface area (Å²) in [6, 6.07) is 11.9. The number of hydrogen-bond donors (Lipinski definition) is 3. The zero-order chi connectivity index (χ0) is 17.7. The van der Waals surface area contributed by atoms with E-state index in [1.165, 1.54) is 12.1 Å². The molecule has 0 fully saturated rings. The Morgan fingerprint density at radius 2 is 1.88 bits per heavy atom. The van der Waals surface area contributed by atoms with Gasteiger partial charge in [0.1, 0.15) is 0 Å². The minimum atomic E-state index is -3.66. The summed E-state index contributed by atoms with van der Waals surface area (Å²) in [4.78, 5) is 0.100. The molecule has 0 unspecified atom stereocenters. The summed E-state index contributed by atoms with van der Waals surface area (Å²) < 4.78 is 23.2. The molecule has 0 saturated carbocycles. The lowest BCUT2D eigenvalue weighted by Gasteiger charge is -2.11. The van der Waals surface area contributed by atoms with Crippen LogP contribution >= 0.6 is 39.7 Å². The molecule has 0 aromatic heterocycles. The van der Waals surface area contributed by atoms with E-state index in [2.05, 4.69) is 26.6 Å². The molecular weight excluding hydrogens is 434 g/mol. The van der Waals surface area contributed by atoms with E-state index >= 15 is 0 Å². The molecule has 0 atom stereocenters. The maximum absolute atomic E-state index is 11.2. The van der Waals surface area contributed by atoms with E-state index in [0.717, 1.165) is 15.7 Å². The van der Waals surface area contributed by atoms with Gasteiger partial charge >= 0.3 is 0 Å². The van der Waals surface area contributed by atoms with Crippen molar-refractivity contribution in [3.63, 3.8) is 0 Å². The number of primary sulfonamides is 1. The summed E-state index contributed by atoms with van der Waals surface area (Å²) in [5.41, 5.74) is 1.77. The third-order valence-electron chi connectivity index (χ3n) is 3.13. The van der Waals surface area contributed by atoms with Gasteiger partial charge in [-0.3, -0.25) is 0 Å². The van der Waals surface area contributed by atoms with Gasteiger partial charge in [0, 0.05) is 16.7 Å². The average Bonchev–Trinajstić information content (AvgIpc) is 2.50. The number of nitrogens with two attached hydrogens (primary N) is 1. The molecule has 0 amide bonds. The molecule has 0 aliphatic rings. The second-order valence-electron chi connectivity index (χ2n) is 4.95. The summed E-state index contributed by atoms with van der Waals surface area (Å²) in [5, 5.41) is 12.3. The van der Waals surface area contributed by atoms with Crippen LogP contribution in [-0.4, -0.2) is 20.1 Å². The maximum Gasteiger partial charge on any atom is 0.238 e. The van der Waals surface area contributed by atoms with Gasteiger partial charge in [-0.1, -0.05) is 23.7 Å². The Balaban J connectivity index is 1.83. The van der Waals surface area contributed by atoms with Gasteiger partial charge in [-0.05, 0) is 70.5 Å². The maximum atomic E-state index is 11.2. The van der Waals surface area contributed by atoms with Crippen molar-refractivity contribution >= 4 is 60.6 Å². The lowest BCUT2D eigenvalue weighted by Crippen LogP contribution is -2.30. The Morgan fingerprint density at radius 3 is 2.46 bits per heavy atom. The first-order valence-corrected chi connectivity index (χ1v) is 10.00. The molecule has 4 N–H and O–H groups in total. The summed E-state index contributed by atoms with van der Waals surface area (Å²) in [6.07, 6.45) is 0.688. The predicted octanol–water partition coefficient (Wildman–Crippen LogP) is 3.28. The second kappa shape index (κ2) is 8.26. The molecule has 0 aliphatic heterocycles. The molecule has 0 bridgehead atoms. The van der Waals surface area contributed by atoms with E-state index in [4.69, 9.17) is 29.0 Å². The van der Waals surface area contributed by atoms with E-state index in [-0.39, 0.29) is 4.90 Å². The van der Waals surface area contributed by atoms with Crippen molar-refractivity contribution in [3.05, 3.63) is 57.5 Å². The van der Waals surface area contributed by atoms with Crippen LogP contribution in [0.2, 0.25) is 5.02 Å². The molecule has 0 spiro atoms. The van der Waals surface area contributed by atoms with Crippen molar-refractivity contribution in [1.82, 2.24) is 5.32 Å². The zero-order valence-corrected chi connectivity index (χ0v) is 16.4. The van der Waals surface area contributed by atoms with Crippen molar-refractivity contribution in [3.8, 4) is 0 Å². The molecule has 5 nitrogen and oxygen atoms in total. The number of thiocarbonyl (C=S) groups is 1. The van der Waals surface area contributed by atoms with Gasteiger partial charge in [0.05, 0.1) is 9.92 Å². The highest BCUT2D eigenvalue weighted by molar-refractivity contribution is 9.10. The molecule has 9 heteroatoms. The first kappa shape index (κ1) is 19.1.